The molecule has 6 nitrogen and oxygen atoms in total. The minimum atomic E-state index is -0.0665. The molecule has 2 bridgehead atoms. The average molecular weight is 330 g/mol. The topological polar surface area (TPSA) is 87.5 Å². The van der Waals surface area contributed by atoms with Gasteiger partial charge in [0.05, 0.1) is 12.5 Å². The van der Waals surface area contributed by atoms with Crippen LogP contribution in [0.3, 0.4) is 0 Å². The molecule has 6 heteroatoms. The van der Waals surface area contributed by atoms with E-state index in [9.17, 15) is 9.59 Å². The fourth-order valence-corrected chi connectivity index (χ4v) is 4.08. The Hall–Kier alpha value is -1.92. The highest BCUT2D eigenvalue weighted by atomic mass is 16.2. The number of likely N-dealkylation sites (N-methyl/N-ethyl adjacent to an activating group) is 1. The molecule has 4 N–H and O–H groups in total. The zero-order chi connectivity index (χ0) is 17.3. The van der Waals surface area contributed by atoms with E-state index < -0.39 is 0 Å². The zero-order valence-electron chi connectivity index (χ0n) is 14.3. The molecule has 2 amide bonds. The van der Waals surface area contributed by atoms with Gasteiger partial charge in [-0.2, -0.15) is 0 Å². The molecule has 0 aromatic heterocycles. The summed E-state index contributed by atoms with van der Waals surface area (Å²) in [7, 11) is 3.69. The van der Waals surface area contributed by atoms with Crippen LogP contribution in [0.15, 0.2) is 24.3 Å². The van der Waals surface area contributed by atoms with Crippen LogP contribution in [0, 0.1) is 17.8 Å². The molecule has 0 spiro atoms. The van der Waals surface area contributed by atoms with Gasteiger partial charge in [0.2, 0.25) is 11.8 Å². The van der Waals surface area contributed by atoms with Crippen molar-refractivity contribution >= 4 is 23.2 Å². The van der Waals surface area contributed by atoms with Gasteiger partial charge in [0.1, 0.15) is 0 Å². The molecule has 2 fully saturated rings. The first kappa shape index (κ1) is 16.9. The summed E-state index contributed by atoms with van der Waals surface area (Å²) in [5, 5.41) is 5.80. The van der Waals surface area contributed by atoms with E-state index in [2.05, 4.69) is 10.6 Å². The Kier molecular flexibility index (Phi) is 4.87. The fraction of sp³-hybridized carbons (Fsp3) is 0.556. The van der Waals surface area contributed by atoms with E-state index >= 15 is 0 Å². The first-order chi connectivity index (χ1) is 11.4. The van der Waals surface area contributed by atoms with E-state index in [0.29, 0.717) is 18.4 Å². The number of rotatable bonds is 5. The van der Waals surface area contributed by atoms with E-state index in [4.69, 9.17) is 5.73 Å². The van der Waals surface area contributed by atoms with Gasteiger partial charge in [-0.3, -0.25) is 9.59 Å². The Morgan fingerprint density at radius 2 is 1.67 bits per heavy atom. The Balaban J connectivity index is 1.56. The fourth-order valence-electron chi connectivity index (χ4n) is 4.08. The largest absolute Gasteiger partial charge is 0.327 e. The highest BCUT2D eigenvalue weighted by Crippen LogP contribution is 2.47. The predicted octanol–water partition coefficient (Wildman–Crippen LogP) is 1.50. The van der Waals surface area contributed by atoms with Crippen LogP contribution >= 0.6 is 0 Å². The lowest BCUT2D eigenvalue weighted by Crippen LogP contribution is -2.42. The summed E-state index contributed by atoms with van der Waals surface area (Å²) < 4.78 is 0. The number of fused-ring (bicyclic) bond motifs is 2. The molecule has 24 heavy (non-hydrogen) atoms. The second-order valence-electron chi connectivity index (χ2n) is 7.29. The summed E-state index contributed by atoms with van der Waals surface area (Å²) in [6, 6.07) is 7.20. The number of benzene rings is 1. The van der Waals surface area contributed by atoms with E-state index in [1.165, 1.54) is 0 Å². The molecule has 3 rings (SSSR count). The van der Waals surface area contributed by atoms with Gasteiger partial charge in [-0.05, 0) is 69.5 Å². The summed E-state index contributed by atoms with van der Waals surface area (Å²) in [4.78, 5) is 26.1. The molecule has 0 heterocycles. The van der Waals surface area contributed by atoms with Crippen molar-refractivity contribution in [2.45, 2.75) is 25.3 Å². The first-order valence-electron chi connectivity index (χ1n) is 8.55. The normalized spacial score (nSPS) is 28.2. The number of hydrogen-bond acceptors (Lipinski definition) is 4. The van der Waals surface area contributed by atoms with E-state index in [0.717, 1.165) is 30.6 Å². The monoisotopic (exact) mass is 330 g/mol. The lowest BCUT2D eigenvalue weighted by molar-refractivity contribution is -0.121. The number of amides is 2. The van der Waals surface area contributed by atoms with Gasteiger partial charge in [0.15, 0.2) is 0 Å². The van der Waals surface area contributed by atoms with Crippen LogP contribution in [-0.2, 0) is 9.59 Å². The molecule has 2 aliphatic rings. The van der Waals surface area contributed by atoms with Crippen LogP contribution in [0.2, 0.25) is 0 Å². The minimum Gasteiger partial charge on any atom is -0.327 e. The van der Waals surface area contributed by atoms with Crippen molar-refractivity contribution in [3.05, 3.63) is 24.3 Å². The summed E-state index contributed by atoms with van der Waals surface area (Å²) in [6.45, 7) is 0.334. The Bertz CT molecular complexity index is 612. The molecule has 0 radical (unpaired) electrons. The quantitative estimate of drug-likeness (QED) is 0.763. The van der Waals surface area contributed by atoms with Crippen LogP contribution in [-0.4, -0.2) is 43.4 Å². The second kappa shape index (κ2) is 6.91. The highest BCUT2D eigenvalue weighted by Gasteiger charge is 2.49. The molecular formula is C18H26N4O2. The molecule has 4 unspecified atom stereocenters. The average Bonchev–Trinajstić information content (AvgIpc) is 3.09. The van der Waals surface area contributed by atoms with Crippen LogP contribution in [0.5, 0.6) is 0 Å². The maximum absolute atomic E-state index is 12.5. The van der Waals surface area contributed by atoms with Crippen molar-refractivity contribution < 1.29 is 9.59 Å². The number of hydrogen-bond donors (Lipinski definition) is 3. The van der Waals surface area contributed by atoms with Crippen molar-refractivity contribution in [3.63, 3.8) is 0 Å². The summed E-state index contributed by atoms with van der Waals surface area (Å²) in [5.41, 5.74) is 7.68. The van der Waals surface area contributed by atoms with Crippen LogP contribution in [0.1, 0.15) is 19.3 Å². The van der Waals surface area contributed by atoms with Gasteiger partial charge >= 0.3 is 0 Å². The smallest absolute Gasteiger partial charge is 0.238 e. The maximum Gasteiger partial charge on any atom is 0.238 e. The zero-order valence-corrected chi connectivity index (χ0v) is 14.3. The van der Waals surface area contributed by atoms with Crippen LogP contribution < -0.4 is 16.4 Å². The first-order valence-corrected chi connectivity index (χ1v) is 8.55. The lowest BCUT2D eigenvalue weighted by Gasteiger charge is -2.27. The number of nitrogens with two attached hydrogens (primary N) is 1. The lowest BCUT2D eigenvalue weighted by atomic mass is 9.84. The molecule has 1 aromatic carbocycles. The van der Waals surface area contributed by atoms with Crippen LogP contribution in [0.4, 0.5) is 11.4 Å². The second-order valence-corrected chi connectivity index (χ2v) is 7.29. The van der Waals surface area contributed by atoms with E-state index in [1.54, 1.807) is 12.1 Å². The molecule has 130 valence electrons. The van der Waals surface area contributed by atoms with Gasteiger partial charge in [0.25, 0.3) is 0 Å². The number of anilines is 2. The van der Waals surface area contributed by atoms with Gasteiger partial charge < -0.3 is 21.3 Å². The molecule has 0 saturated heterocycles. The molecule has 2 saturated carbocycles. The molecule has 0 aliphatic heterocycles. The standard InChI is InChI=1S/C18H26N4O2/c1-22(2)10-15(23)20-13-5-7-14(8-6-13)21-18(24)16-11-3-4-12(9-11)17(16)19/h5-8,11-12,16-17H,3-4,9-10,19H2,1-2H3,(H,20,23)(H,21,24). The number of carbonyl (C=O) groups is 2. The van der Waals surface area contributed by atoms with Gasteiger partial charge in [-0.25, -0.2) is 0 Å². The molecule has 1 aromatic rings. The third-order valence-electron chi connectivity index (χ3n) is 5.18. The summed E-state index contributed by atoms with van der Waals surface area (Å²) in [6.07, 6.45) is 3.38. The van der Waals surface area contributed by atoms with Gasteiger partial charge in [0, 0.05) is 17.4 Å². The number of carbonyl (C=O) groups excluding carboxylic acids is 2. The van der Waals surface area contributed by atoms with E-state index in [-0.39, 0.29) is 23.8 Å². The van der Waals surface area contributed by atoms with Crippen molar-refractivity contribution in [2.75, 3.05) is 31.3 Å². The molecule has 4 atom stereocenters. The van der Waals surface area contributed by atoms with E-state index in [1.807, 2.05) is 31.1 Å². The number of nitrogens with one attached hydrogen (secondary N) is 2. The van der Waals surface area contributed by atoms with Crippen molar-refractivity contribution in [1.82, 2.24) is 4.90 Å². The Labute approximate surface area is 142 Å². The predicted molar refractivity (Wildman–Crippen MR) is 94.6 cm³/mol. The Morgan fingerprint density at radius 1 is 1.08 bits per heavy atom. The highest BCUT2D eigenvalue weighted by molar-refractivity contribution is 5.95. The Morgan fingerprint density at radius 3 is 2.21 bits per heavy atom. The van der Waals surface area contributed by atoms with Gasteiger partial charge in [-0.15, -0.1) is 0 Å². The van der Waals surface area contributed by atoms with Crippen molar-refractivity contribution in [2.24, 2.45) is 23.5 Å². The number of nitrogens with zero attached hydrogens (tertiary/aromatic N) is 1. The summed E-state index contributed by atoms with van der Waals surface area (Å²) in [5.74, 6) is 0.849. The molecule has 2 aliphatic carbocycles. The van der Waals surface area contributed by atoms with Crippen molar-refractivity contribution in [1.29, 1.82) is 0 Å². The SMILES string of the molecule is CN(C)CC(=O)Nc1ccc(NC(=O)C2C3CCC(C3)C2N)cc1. The third kappa shape index (κ3) is 3.60. The summed E-state index contributed by atoms with van der Waals surface area (Å²) >= 11 is 0. The maximum atomic E-state index is 12.5. The van der Waals surface area contributed by atoms with Crippen molar-refractivity contribution in [3.8, 4) is 0 Å². The third-order valence-corrected chi connectivity index (χ3v) is 5.18. The molecular weight excluding hydrogens is 304 g/mol. The van der Waals surface area contributed by atoms with Crippen LogP contribution in [0.25, 0.3) is 0 Å². The van der Waals surface area contributed by atoms with Gasteiger partial charge in [-0.1, -0.05) is 0 Å². The minimum absolute atomic E-state index is 0.00616.